The van der Waals surface area contributed by atoms with Gasteiger partial charge in [-0.3, -0.25) is 9.59 Å². The van der Waals surface area contributed by atoms with Crippen LogP contribution >= 0.6 is 11.3 Å². The average molecular weight is 434 g/mol. The Hall–Kier alpha value is -3.24. The average Bonchev–Trinajstić information content (AvgIpc) is 3.07. The molecule has 9 nitrogen and oxygen atoms in total. The van der Waals surface area contributed by atoms with Gasteiger partial charge in [-0.2, -0.15) is 0 Å². The van der Waals surface area contributed by atoms with Crippen LogP contribution in [0.25, 0.3) is 0 Å². The van der Waals surface area contributed by atoms with E-state index in [1.54, 1.807) is 26.0 Å². The molecule has 3 N–H and O–H groups in total. The fourth-order valence-electron chi connectivity index (χ4n) is 2.50. The minimum absolute atomic E-state index is 0.0831. The number of hydrogen-bond acceptors (Lipinski definition) is 8. The molecule has 2 aromatic rings. The molecule has 1 heterocycles. The maximum atomic E-state index is 12.3. The molecule has 0 aliphatic rings. The number of aliphatic hydroxyl groups excluding tert-OH is 1. The molecule has 1 aromatic heterocycles. The van der Waals surface area contributed by atoms with Crippen molar-refractivity contribution in [3.05, 3.63) is 51.4 Å². The zero-order valence-corrected chi connectivity index (χ0v) is 17.6. The number of rotatable bonds is 8. The third-order valence-electron chi connectivity index (χ3n) is 4.02. The van der Waals surface area contributed by atoms with Crippen molar-refractivity contribution >= 4 is 40.1 Å². The van der Waals surface area contributed by atoms with Gasteiger partial charge in [0, 0.05) is 7.05 Å². The summed E-state index contributed by atoms with van der Waals surface area (Å²) in [7, 11) is 1.45. The SMILES string of the molecule is CCOC(=O)c1c(NC(=O)COC(=O)c2ccc(CO)cc2)sc(C(=O)NC)c1C. The summed E-state index contributed by atoms with van der Waals surface area (Å²) in [6, 6.07) is 6.08. The first-order valence-corrected chi connectivity index (χ1v) is 9.83. The summed E-state index contributed by atoms with van der Waals surface area (Å²) < 4.78 is 10.00. The molecule has 0 aliphatic carbocycles. The summed E-state index contributed by atoms with van der Waals surface area (Å²) in [6.45, 7) is 2.61. The highest BCUT2D eigenvalue weighted by atomic mass is 32.1. The van der Waals surface area contributed by atoms with Crippen molar-refractivity contribution in [1.29, 1.82) is 0 Å². The van der Waals surface area contributed by atoms with E-state index in [-0.39, 0.29) is 34.2 Å². The third-order valence-corrected chi connectivity index (χ3v) is 5.23. The van der Waals surface area contributed by atoms with Gasteiger partial charge in [0.1, 0.15) is 5.00 Å². The Morgan fingerprint density at radius 2 is 1.73 bits per heavy atom. The predicted octanol–water partition coefficient (Wildman–Crippen LogP) is 1.88. The summed E-state index contributed by atoms with van der Waals surface area (Å²) in [5.74, 6) is -2.46. The Morgan fingerprint density at radius 1 is 1.07 bits per heavy atom. The summed E-state index contributed by atoms with van der Waals surface area (Å²) in [4.78, 5) is 48.9. The second kappa shape index (κ2) is 10.5. The molecule has 30 heavy (non-hydrogen) atoms. The quantitative estimate of drug-likeness (QED) is 0.541. The van der Waals surface area contributed by atoms with Crippen molar-refractivity contribution in [2.24, 2.45) is 0 Å². The molecular formula is C20H22N2O7S. The second-order valence-corrected chi connectivity index (χ2v) is 7.06. The molecule has 1 aromatic carbocycles. The highest BCUT2D eigenvalue weighted by molar-refractivity contribution is 7.18. The number of thiophene rings is 1. The molecule has 10 heteroatoms. The molecule has 0 atom stereocenters. The number of carbonyl (C=O) groups excluding carboxylic acids is 4. The van der Waals surface area contributed by atoms with Crippen LogP contribution in [-0.4, -0.2) is 49.1 Å². The number of ether oxygens (including phenoxy) is 2. The smallest absolute Gasteiger partial charge is 0.341 e. The van der Waals surface area contributed by atoms with Gasteiger partial charge in [-0.25, -0.2) is 9.59 Å². The van der Waals surface area contributed by atoms with Crippen LogP contribution in [0, 0.1) is 6.92 Å². The summed E-state index contributed by atoms with van der Waals surface area (Å²) in [5.41, 5.74) is 1.32. The number of hydrogen-bond donors (Lipinski definition) is 3. The molecule has 0 spiro atoms. The molecule has 0 saturated carbocycles. The van der Waals surface area contributed by atoms with Gasteiger partial charge >= 0.3 is 11.9 Å². The zero-order valence-electron chi connectivity index (χ0n) is 16.7. The fourth-order valence-corrected chi connectivity index (χ4v) is 3.66. The van der Waals surface area contributed by atoms with Crippen LogP contribution in [0.1, 0.15) is 48.4 Å². The highest BCUT2D eigenvalue weighted by Crippen LogP contribution is 2.33. The van der Waals surface area contributed by atoms with E-state index in [0.717, 1.165) is 11.3 Å². The number of anilines is 1. The number of aliphatic hydroxyl groups is 1. The topological polar surface area (TPSA) is 131 Å². The lowest BCUT2D eigenvalue weighted by Gasteiger charge is -2.08. The molecular weight excluding hydrogens is 412 g/mol. The third kappa shape index (κ3) is 5.43. The van der Waals surface area contributed by atoms with Crippen LogP contribution in [0.2, 0.25) is 0 Å². The lowest BCUT2D eigenvalue weighted by molar-refractivity contribution is -0.119. The summed E-state index contributed by atoms with van der Waals surface area (Å²) in [6.07, 6.45) is 0. The van der Waals surface area contributed by atoms with Gasteiger partial charge in [0.05, 0.1) is 29.2 Å². The van der Waals surface area contributed by atoms with Gasteiger partial charge in [0.15, 0.2) is 6.61 Å². The second-order valence-electron chi connectivity index (χ2n) is 6.04. The van der Waals surface area contributed by atoms with Crippen molar-refractivity contribution in [2.75, 3.05) is 25.6 Å². The minimum Gasteiger partial charge on any atom is -0.462 e. The molecule has 2 amide bonds. The maximum Gasteiger partial charge on any atom is 0.341 e. The first-order valence-electron chi connectivity index (χ1n) is 9.01. The van der Waals surface area contributed by atoms with Gasteiger partial charge in [-0.05, 0) is 37.1 Å². The van der Waals surface area contributed by atoms with E-state index >= 15 is 0 Å². The minimum atomic E-state index is -0.714. The van der Waals surface area contributed by atoms with Crippen LogP contribution in [0.15, 0.2) is 24.3 Å². The molecule has 0 unspecified atom stereocenters. The predicted molar refractivity (Wildman–Crippen MR) is 110 cm³/mol. The summed E-state index contributed by atoms with van der Waals surface area (Å²) >= 11 is 0.927. The van der Waals surface area contributed by atoms with E-state index in [1.165, 1.54) is 19.2 Å². The zero-order chi connectivity index (χ0) is 22.3. The fraction of sp³-hybridized carbons (Fsp3) is 0.300. The van der Waals surface area contributed by atoms with Crippen molar-refractivity contribution < 1.29 is 33.8 Å². The molecule has 0 radical (unpaired) electrons. The summed E-state index contributed by atoms with van der Waals surface area (Å²) in [5, 5.41) is 14.1. The molecule has 0 aliphatic heterocycles. The van der Waals surface area contributed by atoms with E-state index in [9.17, 15) is 19.2 Å². The van der Waals surface area contributed by atoms with Crippen LogP contribution in [0.5, 0.6) is 0 Å². The van der Waals surface area contributed by atoms with E-state index in [1.807, 2.05) is 0 Å². The van der Waals surface area contributed by atoms with Crippen LogP contribution in [0.3, 0.4) is 0 Å². The normalized spacial score (nSPS) is 10.3. The van der Waals surface area contributed by atoms with E-state index < -0.39 is 30.4 Å². The molecule has 0 fully saturated rings. The van der Waals surface area contributed by atoms with Crippen LogP contribution < -0.4 is 10.6 Å². The van der Waals surface area contributed by atoms with Crippen molar-refractivity contribution in [3.63, 3.8) is 0 Å². The van der Waals surface area contributed by atoms with Gasteiger partial charge in [0.25, 0.3) is 11.8 Å². The Morgan fingerprint density at radius 3 is 2.30 bits per heavy atom. The molecule has 0 bridgehead atoms. The van der Waals surface area contributed by atoms with Gasteiger partial charge in [0.2, 0.25) is 0 Å². The molecule has 0 saturated heterocycles. The maximum absolute atomic E-state index is 12.3. The number of amides is 2. The first-order chi connectivity index (χ1) is 14.3. The molecule has 160 valence electrons. The largest absolute Gasteiger partial charge is 0.462 e. The highest BCUT2D eigenvalue weighted by Gasteiger charge is 2.26. The Balaban J connectivity index is 2.11. The van der Waals surface area contributed by atoms with E-state index in [0.29, 0.717) is 11.1 Å². The van der Waals surface area contributed by atoms with Gasteiger partial charge < -0.3 is 25.2 Å². The van der Waals surface area contributed by atoms with Crippen molar-refractivity contribution in [1.82, 2.24) is 5.32 Å². The lowest BCUT2D eigenvalue weighted by atomic mass is 10.1. The Labute approximate surface area is 177 Å². The molecule has 2 rings (SSSR count). The van der Waals surface area contributed by atoms with Crippen LogP contribution in [-0.2, 0) is 20.9 Å². The van der Waals surface area contributed by atoms with Crippen molar-refractivity contribution in [2.45, 2.75) is 20.5 Å². The standard InChI is InChI=1S/C20H22N2O7S/c1-4-28-20(27)15-11(2)16(17(25)21-3)30-18(15)22-14(24)10-29-19(26)13-7-5-12(9-23)6-8-13/h5-8,23H,4,9-10H2,1-3H3,(H,21,25)(H,22,24). The van der Waals surface area contributed by atoms with E-state index in [2.05, 4.69) is 10.6 Å². The first kappa shape index (κ1) is 23.0. The number of benzene rings is 1. The Bertz CT molecular complexity index is 951. The number of nitrogens with one attached hydrogen (secondary N) is 2. The number of esters is 2. The van der Waals surface area contributed by atoms with E-state index in [4.69, 9.17) is 14.6 Å². The monoisotopic (exact) mass is 434 g/mol. The lowest BCUT2D eigenvalue weighted by Crippen LogP contribution is -2.21. The van der Waals surface area contributed by atoms with Crippen LogP contribution in [0.4, 0.5) is 5.00 Å². The Kier molecular flexibility index (Phi) is 8.07. The van der Waals surface area contributed by atoms with Crippen molar-refractivity contribution in [3.8, 4) is 0 Å². The number of carbonyl (C=O) groups is 4. The van der Waals surface area contributed by atoms with Gasteiger partial charge in [-0.15, -0.1) is 11.3 Å². The van der Waals surface area contributed by atoms with Gasteiger partial charge in [-0.1, -0.05) is 12.1 Å².